The molecule has 1 aliphatic rings. The van der Waals surface area contributed by atoms with E-state index in [0.29, 0.717) is 6.54 Å². The Kier molecular flexibility index (Phi) is 4.20. The molecule has 1 heterocycles. The molecule has 1 fully saturated rings. The Morgan fingerprint density at radius 1 is 1.59 bits per heavy atom. The fourth-order valence-corrected chi connectivity index (χ4v) is 2.11. The molecule has 0 aliphatic carbocycles. The van der Waals surface area contributed by atoms with E-state index < -0.39 is 5.60 Å². The molecule has 0 bridgehead atoms. The number of ether oxygens (including phenoxy) is 1. The quantitative estimate of drug-likeness (QED) is 0.716. The number of rotatable bonds is 1. The number of likely N-dealkylation sites (tertiary alicyclic amines) is 1. The van der Waals surface area contributed by atoms with Crippen molar-refractivity contribution in [3.05, 3.63) is 11.6 Å². The molecule has 0 unspecified atom stereocenters. The van der Waals surface area contributed by atoms with Crippen molar-refractivity contribution in [1.82, 2.24) is 4.90 Å². The van der Waals surface area contributed by atoms with Crippen LogP contribution in [0.1, 0.15) is 34.6 Å². The van der Waals surface area contributed by atoms with Gasteiger partial charge >= 0.3 is 6.09 Å². The predicted molar refractivity (Wildman–Crippen MR) is 66.7 cm³/mol. The first kappa shape index (κ1) is 14.0. The molecule has 1 aliphatic heterocycles. The van der Waals surface area contributed by atoms with Crippen molar-refractivity contribution in [2.75, 3.05) is 13.2 Å². The number of nitrogens with zero attached hydrogens (tertiary/aromatic N) is 1. The van der Waals surface area contributed by atoms with Crippen molar-refractivity contribution < 1.29 is 14.6 Å². The molecule has 1 saturated heterocycles. The number of aliphatic hydroxyl groups is 1. The third-order valence-corrected chi connectivity index (χ3v) is 3.10. The summed E-state index contributed by atoms with van der Waals surface area (Å²) in [5.41, 5.74) is 0.675. The molecule has 0 saturated carbocycles. The molecule has 2 atom stereocenters. The van der Waals surface area contributed by atoms with Crippen LogP contribution >= 0.6 is 0 Å². The Bertz CT molecular complexity index is 317. The molecule has 4 heteroatoms. The molecule has 4 nitrogen and oxygen atoms in total. The van der Waals surface area contributed by atoms with E-state index in [2.05, 4.69) is 0 Å². The van der Waals surface area contributed by atoms with E-state index in [1.54, 1.807) is 4.90 Å². The zero-order valence-corrected chi connectivity index (χ0v) is 11.4. The van der Waals surface area contributed by atoms with Gasteiger partial charge in [-0.2, -0.15) is 0 Å². The van der Waals surface area contributed by atoms with Crippen LogP contribution < -0.4 is 0 Å². The van der Waals surface area contributed by atoms with Crippen molar-refractivity contribution in [2.24, 2.45) is 5.92 Å². The normalized spacial score (nSPS) is 27.6. The van der Waals surface area contributed by atoms with Gasteiger partial charge in [0.1, 0.15) is 5.60 Å². The molecule has 0 radical (unpaired) electrons. The first-order valence-electron chi connectivity index (χ1n) is 6.05. The number of hydrogen-bond acceptors (Lipinski definition) is 3. The average molecular weight is 241 g/mol. The minimum atomic E-state index is -0.501. The van der Waals surface area contributed by atoms with Gasteiger partial charge in [-0.05, 0) is 27.7 Å². The minimum absolute atomic E-state index is 0.0300. The van der Waals surface area contributed by atoms with Gasteiger partial charge in [0.05, 0.1) is 12.6 Å². The second-order valence-electron chi connectivity index (χ2n) is 5.51. The monoisotopic (exact) mass is 241 g/mol. The van der Waals surface area contributed by atoms with Gasteiger partial charge in [0, 0.05) is 12.5 Å². The third kappa shape index (κ3) is 3.22. The summed E-state index contributed by atoms with van der Waals surface area (Å²) in [4.78, 5) is 13.6. The summed E-state index contributed by atoms with van der Waals surface area (Å²) in [6.07, 6.45) is 1.66. The number of hydrogen-bond donors (Lipinski definition) is 1. The first-order valence-corrected chi connectivity index (χ1v) is 6.05. The molecule has 98 valence electrons. The van der Waals surface area contributed by atoms with Crippen LogP contribution in [0.4, 0.5) is 4.79 Å². The number of carbonyl (C=O) groups is 1. The third-order valence-electron chi connectivity index (χ3n) is 3.10. The SMILES string of the molecule is C/C=C1\CN(C(=O)OC(C)(C)C)[C@H](CO)[C@H]1C. The second-order valence-corrected chi connectivity index (χ2v) is 5.51. The maximum atomic E-state index is 12.0. The first-order chi connectivity index (χ1) is 7.80. The fraction of sp³-hybridized carbons (Fsp3) is 0.769. The summed E-state index contributed by atoms with van der Waals surface area (Å²) in [5, 5.41) is 9.39. The van der Waals surface area contributed by atoms with Crippen LogP contribution in [0, 0.1) is 5.92 Å². The molecule has 1 rings (SSSR count). The lowest BCUT2D eigenvalue weighted by molar-refractivity contribution is 0.0151. The lowest BCUT2D eigenvalue weighted by Gasteiger charge is -2.28. The topological polar surface area (TPSA) is 49.8 Å². The molecular weight excluding hydrogens is 218 g/mol. The summed E-state index contributed by atoms with van der Waals surface area (Å²) < 4.78 is 5.34. The highest BCUT2D eigenvalue weighted by atomic mass is 16.6. The average Bonchev–Trinajstić information content (AvgIpc) is 2.52. The minimum Gasteiger partial charge on any atom is -0.444 e. The smallest absolute Gasteiger partial charge is 0.410 e. The van der Waals surface area contributed by atoms with E-state index in [1.165, 1.54) is 5.57 Å². The Labute approximate surface area is 103 Å². The van der Waals surface area contributed by atoms with Crippen LogP contribution in [0.3, 0.4) is 0 Å². The summed E-state index contributed by atoms with van der Waals surface area (Å²) in [6.45, 7) is 10.0. The summed E-state index contributed by atoms with van der Waals surface area (Å²) in [6, 6.07) is -0.170. The van der Waals surface area contributed by atoms with Crippen molar-refractivity contribution in [1.29, 1.82) is 0 Å². The highest BCUT2D eigenvalue weighted by Crippen LogP contribution is 2.30. The van der Waals surface area contributed by atoms with Gasteiger partial charge in [0.2, 0.25) is 0 Å². The standard InChI is InChI=1S/C13H23NO3/c1-6-10-7-14(11(8-15)9(10)2)12(16)17-13(3,4)5/h6,9,11,15H,7-8H2,1-5H3/b10-6+/t9-,11+/m0/s1. The highest BCUT2D eigenvalue weighted by molar-refractivity contribution is 5.70. The van der Waals surface area contributed by atoms with Gasteiger partial charge in [-0.1, -0.05) is 18.6 Å². The highest BCUT2D eigenvalue weighted by Gasteiger charge is 2.38. The fourth-order valence-electron chi connectivity index (χ4n) is 2.11. The maximum Gasteiger partial charge on any atom is 0.410 e. The van der Waals surface area contributed by atoms with Crippen LogP contribution in [-0.2, 0) is 4.74 Å². The molecule has 0 aromatic carbocycles. The van der Waals surface area contributed by atoms with Crippen LogP contribution in [0.15, 0.2) is 11.6 Å². The molecule has 0 aromatic rings. The molecular formula is C13H23NO3. The van der Waals surface area contributed by atoms with Crippen LogP contribution in [-0.4, -0.2) is 40.9 Å². The molecule has 0 aromatic heterocycles. The van der Waals surface area contributed by atoms with E-state index in [9.17, 15) is 9.90 Å². The molecule has 17 heavy (non-hydrogen) atoms. The summed E-state index contributed by atoms with van der Waals surface area (Å²) >= 11 is 0. The van der Waals surface area contributed by atoms with Crippen molar-refractivity contribution in [3.63, 3.8) is 0 Å². The van der Waals surface area contributed by atoms with Gasteiger partial charge in [-0.15, -0.1) is 0 Å². The number of carbonyl (C=O) groups excluding carboxylic acids is 1. The van der Waals surface area contributed by atoms with Gasteiger partial charge in [0.15, 0.2) is 0 Å². The van der Waals surface area contributed by atoms with E-state index in [-0.39, 0.29) is 24.7 Å². The lowest BCUT2D eigenvalue weighted by atomic mass is 9.99. The van der Waals surface area contributed by atoms with Crippen LogP contribution in [0.25, 0.3) is 0 Å². The molecule has 1 amide bonds. The number of allylic oxidation sites excluding steroid dienone is 1. The van der Waals surface area contributed by atoms with Crippen molar-refractivity contribution in [2.45, 2.75) is 46.3 Å². The zero-order valence-electron chi connectivity index (χ0n) is 11.4. The summed E-state index contributed by atoms with van der Waals surface area (Å²) in [7, 11) is 0. The van der Waals surface area contributed by atoms with E-state index in [1.807, 2.05) is 40.7 Å². The second kappa shape index (κ2) is 5.08. The Hall–Kier alpha value is -1.03. The van der Waals surface area contributed by atoms with Crippen LogP contribution in [0.5, 0.6) is 0 Å². The number of aliphatic hydroxyl groups excluding tert-OH is 1. The van der Waals surface area contributed by atoms with Crippen molar-refractivity contribution >= 4 is 6.09 Å². The largest absolute Gasteiger partial charge is 0.444 e. The van der Waals surface area contributed by atoms with Gasteiger partial charge in [0.25, 0.3) is 0 Å². The van der Waals surface area contributed by atoms with Crippen LogP contribution in [0.2, 0.25) is 0 Å². The number of amides is 1. The van der Waals surface area contributed by atoms with Gasteiger partial charge in [-0.3, -0.25) is 4.90 Å². The van der Waals surface area contributed by atoms with Crippen molar-refractivity contribution in [3.8, 4) is 0 Å². The zero-order chi connectivity index (χ0) is 13.2. The van der Waals surface area contributed by atoms with Gasteiger partial charge < -0.3 is 9.84 Å². The molecule has 1 N–H and O–H groups in total. The summed E-state index contributed by atoms with van der Waals surface area (Å²) in [5.74, 6) is 0.192. The van der Waals surface area contributed by atoms with E-state index >= 15 is 0 Å². The molecule has 0 spiro atoms. The van der Waals surface area contributed by atoms with E-state index in [4.69, 9.17) is 4.74 Å². The van der Waals surface area contributed by atoms with Gasteiger partial charge in [-0.25, -0.2) is 4.79 Å². The Morgan fingerprint density at radius 2 is 2.18 bits per heavy atom. The Balaban J connectivity index is 2.80. The Morgan fingerprint density at radius 3 is 2.59 bits per heavy atom. The predicted octanol–water partition coefficient (Wildman–Crippen LogP) is 2.18. The maximum absolute atomic E-state index is 12.0. The van der Waals surface area contributed by atoms with E-state index in [0.717, 1.165) is 0 Å². The lowest BCUT2D eigenvalue weighted by Crippen LogP contribution is -2.42.